The first-order valence-electron chi connectivity index (χ1n) is 6.63. The molecule has 0 amide bonds. The molecule has 1 aromatic carbocycles. The molecule has 1 fully saturated rings. The highest BCUT2D eigenvalue weighted by Crippen LogP contribution is 2.30. The van der Waals surface area contributed by atoms with Crippen molar-refractivity contribution in [1.29, 1.82) is 0 Å². The van der Waals surface area contributed by atoms with Crippen molar-refractivity contribution in [2.75, 3.05) is 6.54 Å². The molecule has 1 aliphatic heterocycles. The average Bonchev–Trinajstić information content (AvgIpc) is 2.75. The third-order valence-electron chi connectivity index (χ3n) is 3.81. The first-order chi connectivity index (χ1) is 8.10. The molecule has 0 radical (unpaired) electrons. The average molecular weight is 233 g/mol. The van der Waals surface area contributed by atoms with Gasteiger partial charge in [-0.3, -0.25) is 0 Å². The summed E-state index contributed by atoms with van der Waals surface area (Å²) in [6.45, 7) is 5.25. The lowest BCUT2D eigenvalue weighted by molar-refractivity contribution is 0.185. The number of aliphatic hydroxyl groups is 1. The highest BCUT2D eigenvalue weighted by Gasteiger charge is 2.29. The number of hydrogen-bond acceptors (Lipinski definition) is 2. The lowest BCUT2D eigenvalue weighted by atomic mass is 9.89. The van der Waals surface area contributed by atoms with E-state index in [1.165, 1.54) is 24.0 Å². The molecule has 17 heavy (non-hydrogen) atoms. The minimum absolute atomic E-state index is 0.169. The molecule has 94 valence electrons. The van der Waals surface area contributed by atoms with E-state index in [0.29, 0.717) is 0 Å². The summed E-state index contributed by atoms with van der Waals surface area (Å²) in [5, 5.41) is 12.9. The Morgan fingerprint density at radius 3 is 2.59 bits per heavy atom. The molecule has 2 atom stereocenters. The minimum Gasteiger partial charge on any atom is -0.393 e. The Hall–Kier alpha value is -0.860. The van der Waals surface area contributed by atoms with Crippen molar-refractivity contribution in [2.45, 2.75) is 51.2 Å². The van der Waals surface area contributed by atoms with Crippen molar-refractivity contribution in [2.24, 2.45) is 0 Å². The maximum Gasteiger partial charge on any atom is 0.0515 e. The predicted octanol–water partition coefficient (Wildman–Crippen LogP) is 2.60. The van der Waals surface area contributed by atoms with E-state index < -0.39 is 0 Å². The van der Waals surface area contributed by atoms with Crippen molar-refractivity contribution >= 4 is 0 Å². The van der Waals surface area contributed by atoms with Gasteiger partial charge in [0.2, 0.25) is 0 Å². The molecular formula is C15H23NO. The van der Waals surface area contributed by atoms with Crippen LogP contribution in [0.15, 0.2) is 24.3 Å². The second-order valence-electron chi connectivity index (χ2n) is 5.45. The van der Waals surface area contributed by atoms with Crippen LogP contribution in [0.25, 0.3) is 0 Å². The lowest BCUT2D eigenvalue weighted by Gasteiger charge is -2.25. The first-order valence-corrected chi connectivity index (χ1v) is 6.63. The Labute approximate surface area is 104 Å². The Bertz CT molecular complexity index is 350. The fourth-order valence-corrected chi connectivity index (χ4v) is 2.56. The number of aryl methyl sites for hydroxylation is 1. The molecule has 1 aromatic rings. The van der Waals surface area contributed by atoms with Gasteiger partial charge in [-0.25, -0.2) is 0 Å². The quantitative estimate of drug-likeness (QED) is 0.838. The Kier molecular flexibility index (Phi) is 3.85. The van der Waals surface area contributed by atoms with Gasteiger partial charge in [-0.2, -0.15) is 0 Å². The van der Waals surface area contributed by atoms with Gasteiger partial charge in [-0.15, -0.1) is 0 Å². The molecule has 1 aliphatic rings. The molecule has 1 saturated heterocycles. The maximum absolute atomic E-state index is 9.27. The molecule has 1 heterocycles. The van der Waals surface area contributed by atoms with E-state index in [-0.39, 0.29) is 11.6 Å². The number of hydrogen-bond donors (Lipinski definition) is 2. The van der Waals surface area contributed by atoms with Crippen LogP contribution in [0.1, 0.15) is 44.2 Å². The largest absolute Gasteiger partial charge is 0.393 e. The van der Waals surface area contributed by atoms with Crippen molar-refractivity contribution in [1.82, 2.24) is 5.32 Å². The number of aliphatic hydroxyl groups excluding tert-OH is 1. The summed E-state index contributed by atoms with van der Waals surface area (Å²) in [6, 6.07) is 8.86. The van der Waals surface area contributed by atoms with Crippen LogP contribution in [-0.2, 0) is 12.0 Å². The summed E-state index contributed by atoms with van der Waals surface area (Å²) >= 11 is 0. The Balaban J connectivity index is 2.02. The van der Waals surface area contributed by atoms with Gasteiger partial charge in [0.05, 0.1) is 6.10 Å². The zero-order valence-corrected chi connectivity index (χ0v) is 10.9. The molecule has 2 rings (SSSR count). The normalized spacial score (nSPS) is 26.1. The van der Waals surface area contributed by atoms with Gasteiger partial charge in [-0.1, -0.05) is 24.3 Å². The number of rotatable bonds is 4. The standard InChI is InChI=1S/C15H23NO/c1-12(17)4-5-13-6-8-14(9-7-13)15(2)10-3-11-16-15/h6-9,12,16-17H,3-5,10-11H2,1-2H3. The molecular weight excluding hydrogens is 210 g/mol. The number of nitrogens with one attached hydrogen (secondary N) is 1. The topological polar surface area (TPSA) is 32.3 Å². The summed E-state index contributed by atoms with van der Waals surface area (Å²) < 4.78 is 0. The third kappa shape index (κ3) is 3.08. The molecule has 2 heteroatoms. The van der Waals surface area contributed by atoms with E-state index in [0.717, 1.165) is 19.4 Å². The zero-order valence-electron chi connectivity index (χ0n) is 10.9. The van der Waals surface area contributed by atoms with E-state index in [2.05, 4.69) is 36.5 Å². The molecule has 2 N–H and O–H groups in total. The van der Waals surface area contributed by atoms with Crippen molar-refractivity contribution in [3.05, 3.63) is 35.4 Å². The van der Waals surface area contributed by atoms with Crippen LogP contribution in [-0.4, -0.2) is 17.8 Å². The first kappa shape index (κ1) is 12.6. The van der Waals surface area contributed by atoms with Crippen molar-refractivity contribution in [3.63, 3.8) is 0 Å². The van der Waals surface area contributed by atoms with Crippen LogP contribution in [0.2, 0.25) is 0 Å². The molecule has 0 saturated carbocycles. The van der Waals surface area contributed by atoms with Crippen LogP contribution in [0, 0.1) is 0 Å². The van der Waals surface area contributed by atoms with Gasteiger partial charge in [0, 0.05) is 5.54 Å². The van der Waals surface area contributed by atoms with Crippen LogP contribution in [0.5, 0.6) is 0 Å². The van der Waals surface area contributed by atoms with Crippen molar-refractivity contribution in [3.8, 4) is 0 Å². The summed E-state index contributed by atoms with van der Waals surface area (Å²) in [6.07, 6.45) is 4.08. The van der Waals surface area contributed by atoms with Gasteiger partial charge in [-0.05, 0) is 57.2 Å². The smallest absolute Gasteiger partial charge is 0.0515 e. The van der Waals surface area contributed by atoms with E-state index in [9.17, 15) is 5.11 Å². The van der Waals surface area contributed by atoms with E-state index in [1.807, 2.05) is 6.92 Å². The Morgan fingerprint density at radius 1 is 1.35 bits per heavy atom. The van der Waals surface area contributed by atoms with Crippen molar-refractivity contribution < 1.29 is 5.11 Å². The van der Waals surface area contributed by atoms with Crippen LogP contribution < -0.4 is 5.32 Å². The fourth-order valence-electron chi connectivity index (χ4n) is 2.56. The highest BCUT2D eigenvalue weighted by atomic mass is 16.3. The van der Waals surface area contributed by atoms with Gasteiger partial charge in [0.1, 0.15) is 0 Å². The molecule has 0 spiro atoms. The SMILES string of the molecule is CC(O)CCc1ccc(C2(C)CCCN2)cc1. The van der Waals surface area contributed by atoms with E-state index in [4.69, 9.17) is 0 Å². The zero-order chi connectivity index (χ0) is 12.3. The molecule has 0 aromatic heterocycles. The predicted molar refractivity (Wildman–Crippen MR) is 71.0 cm³/mol. The summed E-state index contributed by atoms with van der Waals surface area (Å²) in [5.74, 6) is 0. The summed E-state index contributed by atoms with van der Waals surface area (Å²) in [7, 11) is 0. The lowest BCUT2D eigenvalue weighted by Crippen LogP contribution is -2.32. The molecule has 2 nitrogen and oxygen atoms in total. The van der Waals surface area contributed by atoms with Gasteiger partial charge in [0.25, 0.3) is 0 Å². The highest BCUT2D eigenvalue weighted by molar-refractivity contribution is 5.29. The van der Waals surface area contributed by atoms with Crippen LogP contribution >= 0.6 is 0 Å². The minimum atomic E-state index is -0.205. The van der Waals surface area contributed by atoms with Gasteiger partial charge in [0.15, 0.2) is 0 Å². The second-order valence-corrected chi connectivity index (χ2v) is 5.45. The number of benzene rings is 1. The van der Waals surface area contributed by atoms with Crippen LogP contribution in [0.4, 0.5) is 0 Å². The second kappa shape index (κ2) is 5.19. The van der Waals surface area contributed by atoms with E-state index in [1.54, 1.807) is 0 Å². The molecule has 0 bridgehead atoms. The molecule has 2 unspecified atom stereocenters. The van der Waals surface area contributed by atoms with E-state index >= 15 is 0 Å². The summed E-state index contributed by atoms with van der Waals surface area (Å²) in [4.78, 5) is 0. The Morgan fingerprint density at radius 2 is 2.06 bits per heavy atom. The fraction of sp³-hybridized carbons (Fsp3) is 0.600. The summed E-state index contributed by atoms with van der Waals surface area (Å²) in [5.41, 5.74) is 2.87. The third-order valence-corrected chi connectivity index (χ3v) is 3.81. The van der Waals surface area contributed by atoms with Crippen LogP contribution in [0.3, 0.4) is 0 Å². The van der Waals surface area contributed by atoms with Gasteiger partial charge >= 0.3 is 0 Å². The molecule has 0 aliphatic carbocycles. The monoisotopic (exact) mass is 233 g/mol. The maximum atomic E-state index is 9.27. The van der Waals surface area contributed by atoms with Gasteiger partial charge < -0.3 is 10.4 Å².